The third kappa shape index (κ3) is 3.43. The van der Waals surface area contributed by atoms with Crippen LogP contribution in [0.3, 0.4) is 0 Å². The van der Waals surface area contributed by atoms with Gasteiger partial charge in [0.15, 0.2) is 0 Å². The van der Waals surface area contributed by atoms with E-state index in [9.17, 15) is 13.2 Å². The van der Waals surface area contributed by atoms with Gasteiger partial charge in [-0.15, -0.1) is 0 Å². The van der Waals surface area contributed by atoms with Crippen molar-refractivity contribution in [2.75, 3.05) is 17.1 Å². The van der Waals surface area contributed by atoms with E-state index in [0.29, 0.717) is 30.8 Å². The first kappa shape index (κ1) is 16.5. The van der Waals surface area contributed by atoms with Gasteiger partial charge in [-0.1, -0.05) is 29.8 Å². The van der Waals surface area contributed by atoms with Gasteiger partial charge in [-0.2, -0.15) is 0 Å². The topological polar surface area (TPSA) is 66.5 Å². The van der Waals surface area contributed by atoms with E-state index >= 15 is 0 Å². The molecule has 0 fully saturated rings. The van der Waals surface area contributed by atoms with Crippen molar-refractivity contribution in [3.8, 4) is 0 Å². The number of anilines is 1. The van der Waals surface area contributed by atoms with Crippen LogP contribution in [0.25, 0.3) is 0 Å². The number of fused-ring (bicyclic) bond motifs is 1. The second-order valence-corrected chi connectivity index (χ2v) is 8.00. The molecule has 5 nitrogen and oxygen atoms in total. The standard InChI is InChI=1S/C18H20N2O3S/c1-13-3-5-14(6-4-13)12-19-18(21)16-7-8-17-15(11-16)9-10-20(17)24(2,22)23/h3-8,11H,9-10,12H2,1-2H3,(H,19,21). The lowest BCUT2D eigenvalue weighted by Gasteiger charge is -2.16. The summed E-state index contributed by atoms with van der Waals surface area (Å²) in [5.74, 6) is -0.156. The summed E-state index contributed by atoms with van der Waals surface area (Å²) in [6, 6.07) is 13.2. The van der Waals surface area contributed by atoms with E-state index in [4.69, 9.17) is 0 Å². The van der Waals surface area contributed by atoms with Crippen LogP contribution in [0.5, 0.6) is 0 Å². The van der Waals surface area contributed by atoms with Crippen molar-refractivity contribution in [3.05, 3.63) is 64.7 Å². The summed E-state index contributed by atoms with van der Waals surface area (Å²) in [6.07, 6.45) is 1.83. The molecule has 0 spiro atoms. The van der Waals surface area contributed by atoms with Gasteiger partial charge in [0.1, 0.15) is 0 Å². The van der Waals surface area contributed by atoms with Crippen molar-refractivity contribution >= 4 is 21.6 Å². The van der Waals surface area contributed by atoms with Gasteiger partial charge in [-0.25, -0.2) is 8.42 Å². The molecule has 0 bridgehead atoms. The van der Waals surface area contributed by atoms with Crippen molar-refractivity contribution in [1.29, 1.82) is 0 Å². The van der Waals surface area contributed by atoms with Crippen LogP contribution in [0.15, 0.2) is 42.5 Å². The summed E-state index contributed by atoms with van der Waals surface area (Å²) in [7, 11) is -3.27. The average molecular weight is 344 g/mol. The van der Waals surface area contributed by atoms with Gasteiger partial charge in [0.2, 0.25) is 10.0 Å². The summed E-state index contributed by atoms with van der Waals surface area (Å²) in [5, 5.41) is 2.90. The first-order valence-corrected chi connectivity index (χ1v) is 9.64. The van der Waals surface area contributed by atoms with E-state index in [0.717, 1.165) is 11.1 Å². The smallest absolute Gasteiger partial charge is 0.251 e. The van der Waals surface area contributed by atoms with E-state index in [1.165, 1.54) is 16.1 Å². The molecule has 24 heavy (non-hydrogen) atoms. The minimum atomic E-state index is -3.27. The Kier molecular flexibility index (Phi) is 4.32. The second-order valence-electron chi connectivity index (χ2n) is 6.10. The maximum Gasteiger partial charge on any atom is 0.251 e. The molecule has 0 radical (unpaired) electrons. The number of rotatable bonds is 4. The quantitative estimate of drug-likeness (QED) is 0.925. The highest BCUT2D eigenvalue weighted by Crippen LogP contribution is 2.30. The number of benzene rings is 2. The molecule has 0 aliphatic carbocycles. The maximum atomic E-state index is 12.3. The monoisotopic (exact) mass is 344 g/mol. The zero-order chi connectivity index (χ0) is 17.3. The predicted molar refractivity (Wildman–Crippen MR) is 94.7 cm³/mol. The SMILES string of the molecule is Cc1ccc(CNC(=O)c2ccc3c(c2)CCN3S(C)(=O)=O)cc1. The number of nitrogens with one attached hydrogen (secondary N) is 1. The molecule has 0 saturated carbocycles. The van der Waals surface area contributed by atoms with E-state index in [-0.39, 0.29) is 5.91 Å². The highest BCUT2D eigenvalue weighted by molar-refractivity contribution is 7.92. The summed E-state index contributed by atoms with van der Waals surface area (Å²) < 4.78 is 24.9. The molecule has 2 aromatic rings. The molecule has 1 N–H and O–H groups in total. The molecule has 1 aliphatic heterocycles. The molecule has 1 heterocycles. The molecule has 0 saturated heterocycles. The Labute approximate surface area is 142 Å². The lowest BCUT2D eigenvalue weighted by atomic mass is 10.1. The molecule has 2 aromatic carbocycles. The van der Waals surface area contributed by atoms with Gasteiger partial charge < -0.3 is 5.32 Å². The fourth-order valence-electron chi connectivity index (χ4n) is 2.85. The largest absolute Gasteiger partial charge is 0.348 e. The van der Waals surface area contributed by atoms with Gasteiger partial charge >= 0.3 is 0 Å². The highest BCUT2D eigenvalue weighted by Gasteiger charge is 2.26. The van der Waals surface area contributed by atoms with E-state index in [1.54, 1.807) is 18.2 Å². The van der Waals surface area contributed by atoms with E-state index in [2.05, 4.69) is 5.32 Å². The average Bonchev–Trinajstić information content (AvgIpc) is 2.97. The maximum absolute atomic E-state index is 12.3. The fraction of sp³-hybridized carbons (Fsp3) is 0.278. The van der Waals surface area contributed by atoms with Crippen LogP contribution in [0.4, 0.5) is 5.69 Å². The minimum Gasteiger partial charge on any atom is -0.348 e. The fourth-order valence-corrected chi connectivity index (χ4v) is 3.81. The third-order valence-electron chi connectivity index (χ3n) is 4.17. The summed E-state index contributed by atoms with van der Waals surface area (Å²) in [6.45, 7) is 2.92. The number of aryl methyl sites for hydroxylation is 1. The summed E-state index contributed by atoms with van der Waals surface area (Å²) >= 11 is 0. The molecular weight excluding hydrogens is 324 g/mol. The Hall–Kier alpha value is -2.34. The number of amides is 1. The van der Waals surface area contributed by atoms with Gasteiger partial charge in [-0.05, 0) is 42.7 Å². The Morgan fingerprint density at radius 1 is 1.17 bits per heavy atom. The Morgan fingerprint density at radius 3 is 2.54 bits per heavy atom. The molecule has 1 aliphatic rings. The highest BCUT2D eigenvalue weighted by atomic mass is 32.2. The van der Waals surface area contributed by atoms with Crippen LogP contribution in [0.2, 0.25) is 0 Å². The molecule has 0 atom stereocenters. The first-order chi connectivity index (χ1) is 11.3. The van der Waals surface area contributed by atoms with Gasteiger partial charge in [0.25, 0.3) is 5.91 Å². The van der Waals surface area contributed by atoms with Crippen LogP contribution in [-0.2, 0) is 23.0 Å². The van der Waals surface area contributed by atoms with Crippen molar-refractivity contribution in [3.63, 3.8) is 0 Å². The Balaban J connectivity index is 1.72. The zero-order valence-electron chi connectivity index (χ0n) is 13.7. The van der Waals surface area contributed by atoms with Crippen molar-refractivity contribution in [2.45, 2.75) is 19.9 Å². The molecule has 3 rings (SSSR count). The summed E-state index contributed by atoms with van der Waals surface area (Å²) in [5.41, 5.74) is 4.34. The van der Waals surface area contributed by atoms with Crippen molar-refractivity contribution in [2.24, 2.45) is 0 Å². The number of carbonyl (C=O) groups is 1. The zero-order valence-corrected chi connectivity index (χ0v) is 14.6. The van der Waals surface area contributed by atoms with Crippen LogP contribution in [-0.4, -0.2) is 27.1 Å². The molecule has 1 amide bonds. The van der Waals surface area contributed by atoms with Crippen molar-refractivity contribution in [1.82, 2.24) is 5.32 Å². The normalized spacial score (nSPS) is 13.7. The number of hydrogen-bond acceptors (Lipinski definition) is 3. The lowest BCUT2D eigenvalue weighted by molar-refractivity contribution is 0.0951. The molecule has 0 aromatic heterocycles. The molecule has 6 heteroatoms. The van der Waals surface area contributed by atoms with E-state index < -0.39 is 10.0 Å². The third-order valence-corrected chi connectivity index (χ3v) is 5.35. The first-order valence-electron chi connectivity index (χ1n) is 7.79. The molecule has 0 unspecified atom stereocenters. The second kappa shape index (κ2) is 6.28. The van der Waals surface area contributed by atoms with Gasteiger partial charge in [0.05, 0.1) is 11.9 Å². The van der Waals surface area contributed by atoms with Crippen LogP contribution >= 0.6 is 0 Å². The number of carbonyl (C=O) groups excluding carboxylic acids is 1. The predicted octanol–water partition coefficient (Wildman–Crippen LogP) is 2.25. The van der Waals surface area contributed by atoms with E-state index in [1.807, 2.05) is 31.2 Å². The van der Waals surface area contributed by atoms with Crippen LogP contribution < -0.4 is 9.62 Å². The Bertz CT molecular complexity index is 874. The lowest BCUT2D eigenvalue weighted by Crippen LogP contribution is -2.27. The van der Waals surface area contributed by atoms with Crippen LogP contribution in [0.1, 0.15) is 27.0 Å². The Morgan fingerprint density at radius 2 is 1.88 bits per heavy atom. The van der Waals surface area contributed by atoms with Gasteiger partial charge in [0, 0.05) is 18.7 Å². The minimum absolute atomic E-state index is 0.156. The number of sulfonamides is 1. The molecule has 126 valence electrons. The number of hydrogen-bond donors (Lipinski definition) is 1. The van der Waals surface area contributed by atoms with Crippen LogP contribution in [0, 0.1) is 6.92 Å². The number of nitrogens with zero attached hydrogens (tertiary/aromatic N) is 1. The van der Waals surface area contributed by atoms with Gasteiger partial charge in [-0.3, -0.25) is 9.10 Å². The molecular formula is C18H20N2O3S. The summed E-state index contributed by atoms with van der Waals surface area (Å²) in [4.78, 5) is 12.3. The van der Waals surface area contributed by atoms with Crippen molar-refractivity contribution < 1.29 is 13.2 Å².